The minimum atomic E-state index is -0.606. The van der Waals surface area contributed by atoms with Crippen molar-refractivity contribution in [1.29, 1.82) is 0 Å². The summed E-state index contributed by atoms with van der Waals surface area (Å²) in [4.78, 5) is 38.5. The number of rotatable bonds is 8. The fourth-order valence-corrected chi connectivity index (χ4v) is 3.74. The van der Waals surface area contributed by atoms with Crippen molar-refractivity contribution in [3.05, 3.63) is 52.5 Å². The summed E-state index contributed by atoms with van der Waals surface area (Å²) in [5.74, 6) is -1.01. The van der Waals surface area contributed by atoms with E-state index < -0.39 is 24.4 Å². The first kappa shape index (κ1) is 22.8. The van der Waals surface area contributed by atoms with Crippen LogP contribution in [0.25, 0.3) is 0 Å². The van der Waals surface area contributed by atoms with Gasteiger partial charge in [0.05, 0.1) is 12.5 Å². The summed E-state index contributed by atoms with van der Waals surface area (Å²) in [5, 5.41) is 2.72. The molecule has 2 aromatic rings. The fourth-order valence-electron chi connectivity index (χ4n) is 3.27. The van der Waals surface area contributed by atoms with E-state index in [9.17, 15) is 14.4 Å². The molecule has 1 heterocycles. The van der Waals surface area contributed by atoms with E-state index in [4.69, 9.17) is 9.47 Å². The topological polar surface area (TPSA) is 84.9 Å². The highest BCUT2D eigenvalue weighted by molar-refractivity contribution is 9.10. The number of hydrogen-bond acceptors (Lipinski definition) is 5. The van der Waals surface area contributed by atoms with Crippen LogP contribution in [0.1, 0.15) is 25.3 Å². The van der Waals surface area contributed by atoms with Gasteiger partial charge in [0, 0.05) is 28.8 Å². The molecule has 1 atom stereocenters. The first-order valence-corrected chi connectivity index (χ1v) is 10.9. The largest absolute Gasteiger partial charge is 0.494 e. The molecule has 2 amide bonds. The van der Waals surface area contributed by atoms with E-state index in [2.05, 4.69) is 21.2 Å². The summed E-state index contributed by atoms with van der Waals surface area (Å²) < 4.78 is 11.6. The molecule has 0 aliphatic carbocycles. The number of nitrogens with one attached hydrogen (secondary N) is 1. The van der Waals surface area contributed by atoms with E-state index in [1.807, 2.05) is 26.0 Å². The van der Waals surface area contributed by atoms with Crippen LogP contribution in [-0.2, 0) is 19.1 Å². The lowest BCUT2D eigenvalue weighted by molar-refractivity contribution is -0.151. The van der Waals surface area contributed by atoms with Crippen LogP contribution in [-0.4, -0.2) is 37.5 Å². The number of aryl methyl sites for hydroxylation is 1. The first-order chi connectivity index (χ1) is 14.9. The second kappa shape index (κ2) is 10.4. The molecule has 8 heteroatoms. The molecule has 1 fully saturated rings. The summed E-state index contributed by atoms with van der Waals surface area (Å²) >= 11 is 3.37. The third kappa shape index (κ3) is 6.07. The van der Waals surface area contributed by atoms with Crippen LogP contribution in [0.4, 0.5) is 11.4 Å². The van der Waals surface area contributed by atoms with Crippen molar-refractivity contribution in [2.45, 2.75) is 26.7 Å². The number of hydrogen-bond donors (Lipinski definition) is 1. The summed E-state index contributed by atoms with van der Waals surface area (Å²) in [7, 11) is 0. The van der Waals surface area contributed by atoms with Crippen molar-refractivity contribution in [3.63, 3.8) is 0 Å². The second-order valence-corrected chi connectivity index (χ2v) is 8.28. The molecule has 1 saturated heterocycles. The fraction of sp³-hybridized carbons (Fsp3) is 0.348. The number of carbonyl (C=O) groups excluding carboxylic acids is 3. The normalized spacial score (nSPS) is 15.6. The number of carbonyl (C=O) groups is 3. The minimum absolute atomic E-state index is 0.0559. The van der Waals surface area contributed by atoms with Crippen LogP contribution in [0.5, 0.6) is 5.75 Å². The smallest absolute Gasteiger partial charge is 0.311 e. The van der Waals surface area contributed by atoms with Crippen molar-refractivity contribution in [3.8, 4) is 5.75 Å². The lowest BCUT2D eigenvalue weighted by atomic mass is 10.1. The summed E-state index contributed by atoms with van der Waals surface area (Å²) in [6.07, 6.45) is 0.970. The highest BCUT2D eigenvalue weighted by Gasteiger charge is 2.36. The zero-order valence-corrected chi connectivity index (χ0v) is 19.1. The third-order valence-corrected chi connectivity index (χ3v) is 5.38. The predicted octanol–water partition coefficient (Wildman–Crippen LogP) is 4.08. The van der Waals surface area contributed by atoms with E-state index >= 15 is 0 Å². The third-order valence-electron chi connectivity index (χ3n) is 4.89. The Bertz CT molecular complexity index is 961. The molecule has 3 rings (SSSR count). The molecule has 7 nitrogen and oxygen atoms in total. The molecule has 0 aromatic heterocycles. The molecular weight excluding hydrogens is 464 g/mol. The minimum Gasteiger partial charge on any atom is -0.494 e. The highest BCUT2D eigenvalue weighted by Crippen LogP contribution is 2.27. The molecule has 0 spiro atoms. The molecule has 1 aliphatic heterocycles. The summed E-state index contributed by atoms with van der Waals surface area (Å²) in [5.41, 5.74) is 2.24. The Balaban J connectivity index is 1.51. The van der Waals surface area contributed by atoms with E-state index in [1.165, 1.54) is 0 Å². The molecular formula is C23H25BrN2O5. The molecule has 1 N–H and O–H groups in total. The number of benzene rings is 2. The Hall–Kier alpha value is -2.87. The van der Waals surface area contributed by atoms with Crippen LogP contribution in [0.15, 0.2) is 46.9 Å². The maximum Gasteiger partial charge on any atom is 0.311 e. The molecule has 164 valence electrons. The zero-order chi connectivity index (χ0) is 22.4. The van der Waals surface area contributed by atoms with Crippen LogP contribution < -0.4 is 15.0 Å². The first-order valence-electron chi connectivity index (χ1n) is 10.1. The number of esters is 1. The summed E-state index contributed by atoms with van der Waals surface area (Å²) in [6, 6.07) is 12.7. The van der Waals surface area contributed by atoms with Gasteiger partial charge in [-0.05, 0) is 61.4 Å². The monoisotopic (exact) mass is 488 g/mol. The Morgan fingerprint density at radius 1 is 1.19 bits per heavy atom. The van der Waals surface area contributed by atoms with Crippen molar-refractivity contribution in [2.24, 2.45) is 5.92 Å². The highest BCUT2D eigenvalue weighted by atomic mass is 79.9. The average Bonchev–Trinajstić information content (AvgIpc) is 3.14. The predicted molar refractivity (Wildman–Crippen MR) is 121 cm³/mol. The molecule has 2 aromatic carbocycles. The van der Waals surface area contributed by atoms with E-state index in [0.29, 0.717) is 18.0 Å². The Morgan fingerprint density at radius 3 is 2.61 bits per heavy atom. The van der Waals surface area contributed by atoms with Crippen LogP contribution in [0.3, 0.4) is 0 Å². The Morgan fingerprint density at radius 2 is 1.94 bits per heavy atom. The number of ether oxygens (including phenoxy) is 2. The molecule has 1 unspecified atom stereocenters. The van der Waals surface area contributed by atoms with Crippen LogP contribution in [0, 0.1) is 12.8 Å². The van der Waals surface area contributed by atoms with Gasteiger partial charge in [-0.15, -0.1) is 0 Å². The lowest BCUT2D eigenvalue weighted by Gasteiger charge is -2.17. The van der Waals surface area contributed by atoms with Gasteiger partial charge in [-0.2, -0.15) is 0 Å². The van der Waals surface area contributed by atoms with Crippen molar-refractivity contribution in [1.82, 2.24) is 0 Å². The standard InChI is InChI=1S/C23H25BrN2O5/c1-3-10-30-19-7-5-18(6-8-19)26-13-16(12-22(26)28)23(29)31-14-21(27)25-20-9-4-17(24)11-15(20)2/h4-9,11,16H,3,10,12-14H2,1-2H3,(H,25,27). The van der Waals surface area contributed by atoms with Crippen LogP contribution in [0.2, 0.25) is 0 Å². The SMILES string of the molecule is CCCOc1ccc(N2CC(C(=O)OCC(=O)Nc3ccc(Br)cc3C)CC2=O)cc1. The van der Waals surface area contributed by atoms with E-state index in [-0.39, 0.29) is 18.9 Å². The number of nitrogens with zero attached hydrogens (tertiary/aromatic N) is 1. The van der Waals surface area contributed by atoms with Crippen LogP contribution >= 0.6 is 15.9 Å². The Kier molecular flexibility index (Phi) is 7.68. The van der Waals surface area contributed by atoms with Gasteiger partial charge in [0.15, 0.2) is 6.61 Å². The number of halogens is 1. The maximum atomic E-state index is 12.4. The van der Waals surface area contributed by atoms with Gasteiger partial charge in [-0.3, -0.25) is 14.4 Å². The number of anilines is 2. The van der Waals surface area contributed by atoms with Crippen molar-refractivity contribution in [2.75, 3.05) is 30.0 Å². The van der Waals surface area contributed by atoms with Crippen molar-refractivity contribution >= 4 is 45.1 Å². The van der Waals surface area contributed by atoms with Crippen molar-refractivity contribution < 1.29 is 23.9 Å². The van der Waals surface area contributed by atoms with Gasteiger partial charge in [-0.25, -0.2) is 0 Å². The number of amides is 2. The molecule has 31 heavy (non-hydrogen) atoms. The van der Waals surface area contributed by atoms with E-state index in [1.54, 1.807) is 35.2 Å². The zero-order valence-electron chi connectivity index (χ0n) is 17.5. The van der Waals surface area contributed by atoms with Gasteiger partial charge in [0.1, 0.15) is 5.75 Å². The Labute approximate surface area is 189 Å². The average molecular weight is 489 g/mol. The second-order valence-electron chi connectivity index (χ2n) is 7.36. The summed E-state index contributed by atoms with van der Waals surface area (Å²) in [6.45, 7) is 4.35. The van der Waals surface area contributed by atoms with Gasteiger partial charge < -0.3 is 19.7 Å². The quantitative estimate of drug-likeness (QED) is 0.565. The van der Waals surface area contributed by atoms with Gasteiger partial charge in [-0.1, -0.05) is 22.9 Å². The molecule has 0 radical (unpaired) electrons. The lowest BCUT2D eigenvalue weighted by Crippen LogP contribution is -2.28. The maximum absolute atomic E-state index is 12.4. The van der Waals surface area contributed by atoms with Gasteiger partial charge >= 0.3 is 5.97 Å². The van der Waals surface area contributed by atoms with E-state index in [0.717, 1.165) is 22.2 Å². The van der Waals surface area contributed by atoms with Gasteiger partial charge in [0.25, 0.3) is 5.91 Å². The van der Waals surface area contributed by atoms with Gasteiger partial charge in [0.2, 0.25) is 5.91 Å². The molecule has 0 saturated carbocycles. The molecule has 0 bridgehead atoms. The molecule has 1 aliphatic rings.